The minimum Gasteiger partial charge on any atom is -0.352 e. The number of sulfonamides is 1. The van der Waals surface area contributed by atoms with E-state index >= 15 is 0 Å². The van der Waals surface area contributed by atoms with Crippen LogP contribution in [0.5, 0.6) is 0 Å². The van der Waals surface area contributed by atoms with Gasteiger partial charge in [0.05, 0.1) is 11.9 Å². The van der Waals surface area contributed by atoms with Crippen molar-refractivity contribution >= 4 is 43.5 Å². The lowest BCUT2D eigenvalue weighted by atomic mass is 9.94. The second-order valence-corrected chi connectivity index (χ2v) is 13.3. The van der Waals surface area contributed by atoms with Gasteiger partial charge in [0.15, 0.2) is 0 Å². The quantitative estimate of drug-likeness (QED) is 0.301. The molecule has 4 rings (SSSR count). The first-order valence-corrected chi connectivity index (χ1v) is 16.4. The molecule has 0 saturated heterocycles. The van der Waals surface area contributed by atoms with Crippen molar-refractivity contribution in [3.8, 4) is 0 Å². The van der Waals surface area contributed by atoms with Crippen molar-refractivity contribution in [2.45, 2.75) is 57.2 Å². The summed E-state index contributed by atoms with van der Waals surface area (Å²) in [6.07, 6.45) is 6.19. The molecule has 1 aliphatic rings. The van der Waals surface area contributed by atoms with Crippen LogP contribution in [0, 0.1) is 5.82 Å². The third-order valence-corrected chi connectivity index (χ3v) is 8.93. The van der Waals surface area contributed by atoms with Crippen LogP contribution in [0.4, 0.5) is 10.1 Å². The topological polar surface area (TPSA) is 86.8 Å². The maximum atomic E-state index is 14.1. The van der Waals surface area contributed by atoms with Crippen molar-refractivity contribution < 1.29 is 22.4 Å². The van der Waals surface area contributed by atoms with Crippen molar-refractivity contribution in [3.05, 3.63) is 100 Å². The van der Waals surface area contributed by atoms with Crippen molar-refractivity contribution in [3.63, 3.8) is 0 Å². The number of benzene rings is 3. The Kier molecular flexibility index (Phi) is 10.6. The Morgan fingerprint density at radius 2 is 1.63 bits per heavy atom. The molecule has 3 aromatic rings. The number of amides is 2. The summed E-state index contributed by atoms with van der Waals surface area (Å²) in [5.41, 5.74) is 1.69. The number of nitrogens with zero attached hydrogens (tertiary/aromatic N) is 2. The molecule has 0 unspecified atom stereocenters. The second-order valence-electron chi connectivity index (χ2n) is 10.4. The number of nitrogens with one attached hydrogen (secondary N) is 1. The summed E-state index contributed by atoms with van der Waals surface area (Å²) in [7, 11) is -3.96. The Bertz CT molecular complexity index is 1430. The van der Waals surface area contributed by atoms with Gasteiger partial charge in [-0.15, -0.1) is 0 Å². The average Bonchev–Trinajstić information content (AvgIpc) is 2.95. The lowest BCUT2D eigenvalue weighted by molar-refractivity contribution is -0.140. The largest absolute Gasteiger partial charge is 0.352 e. The molecule has 7 nitrogen and oxygen atoms in total. The molecule has 0 bridgehead atoms. The summed E-state index contributed by atoms with van der Waals surface area (Å²) < 4.78 is 41.4. The van der Waals surface area contributed by atoms with Gasteiger partial charge in [-0.3, -0.25) is 13.9 Å². The highest BCUT2D eigenvalue weighted by Gasteiger charge is 2.34. The van der Waals surface area contributed by atoms with Gasteiger partial charge < -0.3 is 10.2 Å². The number of anilines is 1. The van der Waals surface area contributed by atoms with Crippen LogP contribution in [0.15, 0.2) is 83.3 Å². The number of hydrogen-bond donors (Lipinski definition) is 1. The molecule has 1 aliphatic carbocycles. The predicted octanol–water partition coefficient (Wildman–Crippen LogP) is 5.44. The average molecular weight is 645 g/mol. The van der Waals surface area contributed by atoms with Crippen LogP contribution in [0.25, 0.3) is 0 Å². The Hall–Kier alpha value is -3.24. The fourth-order valence-corrected chi connectivity index (χ4v) is 6.24. The molecule has 0 spiro atoms. The number of carbonyl (C=O) groups is 2. The van der Waals surface area contributed by atoms with E-state index < -0.39 is 34.3 Å². The molecule has 1 atom stereocenters. The molecular weight excluding hydrogens is 609 g/mol. The monoisotopic (exact) mass is 643 g/mol. The molecule has 0 heterocycles. The third-order valence-electron chi connectivity index (χ3n) is 7.26. The van der Waals surface area contributed by atoms with Gasteiger partial charge in [0, 0.05) is 23.5 Å². The molecule has 1 saturated carbocycles. The molecule has 41 heavy (non-hydrogen) atoms. The van der Waals surface area contributed by atoms with Crippen LogP contribution in [0.2, 0.25) is 0 Å². The van der Waals surface area contributed by atoms with Crippen molar-refractivity contribution in [1.82, 2.24) is 10.2 Å². The van der Waals surface area contributed by atoms with Crippen LogP contribution in [0.1, 0.15) is 43.2 Å². The molecule has 10 heteroatoms. The number of carbonyl (C=O) groups excluding carboxylic acids is 2. The van der Waals surface area contributed by atoms with E-state index in [0.717, 1.165) is 64.3 Å². The van der Waals surface area contributed by atoms with Crippen molar-refractivity contribution in [1.29, 1.82) is 0 Å². The van der Waals surface area contributed by atoms with Crippen molar-refractivity contribution in [2.24, 2.45) is 0 Å². The molecular formula is C31H35BrFN3O4S. The summed E-state index contributed by atoms with van der Waals surface area (Å²) in [6, 6.07) is 21.1. The van der Waals surface area contributed by atoms with Crippen LogP contribution in [-0.2, 0) is 32.6 Å². The molecule has 0 aromatic heterocycles. The summed E-state index contributed by atoms with van der Waals surface area (Å²) in [4.78, 5) is 29.5. The zero-order valence-corrected chi connectivity index (χ0v) is 25.4. The van der Waals surface area contributed by atoms with Gasteiger partial charge in [-0.2, -0.15) is 0 Å². The van der Waals surface area contributed by atoms with Crippen LogP contribution >= 0.6 is 15.9 Å². The standard InChI is InChI=1S/C31H35BrFN3O4S/c1-41(39,40)36(28-14-8-11-26(33)20-28)22-30(37)35(21-24-15-17-25(32)18-16-24)29(19-23-9-4-2-5-10-23)31(38)34-27-12-6-3-7-13-27/h2,4-5,8-11,14-18,20,27,29H,3,6-7,12-13,19,21-22H2,1H3,(H,34,38)/t29-/m0/s1. The van der Waals surface area contributed by atoms with Crippen LogP contribution in [0.3, 0.4) is 0 Å². The van der Waals surface area contributed by atoms with E-state index in [0.29, 0.717) is 0 Å². The molecule has 0 radical (unpaired) electrons. The van der Waals surface area contributed by atoms with E-state index in [-0.39, 0.29) is 30.6 Å². The zero-order valence-electron chi connectivity index (χ0n) is 23.0. The highest BCUT2D eigenvalue weighted by Crippen LogP contribution is 2.23. The van der Waals surface area contributed by atoms with Gasteiger partial charge >= 0.3 is 0 Å². The Labute approximate surface area is 249 Å². The van der Waals surface area contributed by atoms with Gasteiger partial charge in [0.25, 0.3) is 0 Å². The Balaban J connectivity index is 1.71. The second kappa shape index (κ2) is 14.1. The van der Waals surface area contributed by atoms with Crippen LogP contribution in [-0.4, -0.2) is 50.0 Å². The number of hydrogen-bond acceptors (Lipinski definition) is 4. The van der Waals surface area contributed by atoms with Gasteiger partial charge in [-0.1, -0.05) is 83.7 Å². The van der Waals surface area contributed by atoms with Crippen LogP contribution < -0.4 is 9.62 Å². The lowest BCUT2D eigenvalue weighted by Crippen LogP contribution is -2.55. The van der Waals surface area contributed by atoms with E-state index in [1.165, 1.54) is 23.1 Å². The first-order chi connectivity index (χ1) is 19.6. The number of rotatable bonds is 11. The molecule has 1 N–H and O–H groups in total. The lowest BCUT2D eigenvalue weighted by Gasteiger charge is -2.35. The highest BCUT2D eigenvalue weighted by molar-refractivity contribution is 9.10. The summed E-state index contributed by atoms with van der Waals surface area (Å²) >= 11 is 3.43. The smallest absolute Gasteiger partial charge is 0.244 e. The molecule has 1 fully saturated rings. The normalized spacial score (nSPS) is 14.7. The van der Waals surface area contributed by atoms with E-state index in [4.69, 9.17) is 0 Å². The minimum absolute atomic E-state index is 0.0268. The maximum absolute atomic E-state index is 14.1. The van der Waals surface area contributed by atoms with E-state index in [1.807, 2.05) is 54.6 Å². The highest BCUT2D eigenvalue weighted by atomic mass is 79.9. The summed E-state index contributed by atoms with van der Waals surface area (Å²) in [5.74, 6) is -1.46. The third kappa shape index (κ3) is 8.87. The Morgan fingerprint density at radius 3 is 2.27 bits per heavy atom. The predicted molar refractivity (Wildman–Crippen MR) is 162 cm³/mol. The van der Waals surface area contributed by atoms with Gasteiger partial charge in [-0.25, -0.2) is 12.8 Å². The molecule has 218 valence electrons. The molecule has 3 aromatic carbocycles. The van der Waals surface area contributed by atoms with E-state index in [1.54, 1.807) is 0 Å². The summed E-state index contributed by atoms with van der Waals surface area (Å²) in [5, 5.41) is 3.17. The number of halogens is 2. The summed E-state index contributed by atoms with van der Waals surface area (Å²) in [6.45, 7) is -0.497. The van der Waals surface area contributed by atoms with E-state index in [9.17, 15) is 22.4 Å². The zero-order chi connectivity index (χ0) is 29.4. The van der Waals surface area contributed by atoms with Crippen molar-refractivity contribution in [2.75, 3.05) is 17.1 Å². The van der Waals surface area contributed by atoms with Gasteiger partial charge in [-0.05, 0) is 54.3 Å². The van der Waals surface area contributed by atoms with Gasteiger partial charge in [0.1, 0.15) is 18.4 Å². The first kappa shape index (κ1) is 30.7. The molecule has 2 amide bonds. The maximum Gasteiger partial charge on any atom is 0.244 e. The van der Waals surface area contributed by atoms with E-state index in [2.05, 4.69) is 21.2 Å². The molecule has 0 aliphatic heterocycles. The SMILES string of the molecule is CS(=O)(=O)N(CC(=O)N(Cc1ccc(Br)cc1)[C@@H](Cc1ccccc1)C(=O)NC1CCCCC1)c1cccc(F)c1. The minimum atomic E-state index is -3.96. The Morgan fingerprint density at radius 1 is 0.951 bits per heavy atom. The fourth-order valence-electron chi connectivity index (χ4n) is 5.13. The van der Waals surface area contributed by atoms with Gasteiger partial charge in [0.2, 0.25) is 21.8 Å². The first-order valence-electron chi connectivity index (χ1n) is 13.7. The fraction of sp³-hybridized carbons (Fsp3) is 0.355.